The molecule has 0 saturated heterocycles. The van der Waals surface area contributed by atoms with Gasteiger partial charge in [-0.15, -0.1) is 0 Å². The summed E-state index contributed by atoms with van der Waals surface area (Å²) in [6, 6.07) is 0. The Bertz CT molecular complexity index is 134. The van der Waals surface area contributed by atoms with E-state index in [-0.39, 0.29) is 0 Å². The van der Waals surface area contributed by atoms with Crippen molar-refractivity contribution >= 4 is 16.9 Å². The highest BCUT2D eigenvalue weighted by Crippen LogP contribution is 2.12. The van der Waals surface area contributed by atoms with Crippen molar-refractivity contribution in [3.63, 3.8) is 0 Å². The first-order valence-electron chi connectivity index (χ1n) is 5.96. The third kappa shape index (κ3) is 10.1. The van der Waals surface area contributed by atoms with Crippen molar-refractivity contribution in [1.29, 1.82) is 0 Å². The summed E-state index contributed by atoms with van der Waals surface area (Å²) in [5.74, 6) is 1.03. The molecule has 0 aliphatic rings. The lowest BCUT2D eigenvalue weighted by molar-refractivity contribution is -0.111. The molecule has 84 valence electrons. The normalized spacial score (nSPS) is 10.4. The van der Waals surface area contributed by atoms with Gasteiger partial charge in [0.25, 0.3) is 0 Å². The van der Waals surface area contributed by atoms with Gasteiger partial charge in [-0.3, -0.25) is 4.79 Å². The minimum absolute atomic E-state index is 0.398. The molecule has 0 unspecified atom stereocenters. The molecule has 0 N–H and O–H groups in total. The van der Waals surface area contributed by atoms with E-state index in [1.165, 1.54) is 50.3 Å². The fraction of sp³-hybridized carbons (Fsp3) is 0.917. The average molecular weight is 216 g/mol. The predicted molar refractivity (Wildman–Crippen MR) is 65.7 cm³/mol. The van der Waals surface area contributed by atoms with Crippen molar-refractivity contribution in [2.24, 2.45) is 0 Å². The van der Waals surface area contributed by atoms with Gasteiger partial charge in [-0.2, -0.15) is 0 Å². The van der Waals surface area contributed by atoms with Crippen LogP contribution in [-0.2, 0) is 4.79 Å². The zero-order valence-corrected chi connectivity index (χ0v) is 10.5. The first kappa shape index (κ1) is 14.0. The Balaban J connectivity index is 3.10. The highest BCUT2D eigenvalue weighted by molar-refractivity contribution is 8.13. The first-order chi connectivity index (χ1) is 6.81. The number of hydrogen-bond acceptors (Lipinski definition) is 2. The Labute approximate surface area is 93.0 Å². The van der Waals surface area contributed by atoms with Gasteiger partial charge in [0.1, 0.15) is 0 Å². The minimum atomic E-state index is 0.398. The van der Waals surface area contributed by atoms with Crippen LogP contribution in [0.5, 0.6) is 0 Å². The van der Waals surface area contributed by atoms with Crippen LogP contribution >= 0.6 is 11.8 Å². The summed E-state index contributed by atoms with van der Waals surface area (Å²) < 4.78 is 0. The third-order valence-electron chi connectivity index (χ3n) is 2.25. The van der Waals surface area contributed by atoms with E-state index in [4.69, 9.17) is 0 Å². The van der Waals surface area contributed by atoms with Crippen LogP contribution in [0.3, 0.4) is 0 Å². The molecule has 1 nitrogen and oxygen atoms in total. The van der Waals surface area contributed by atoms with E-state index in [1.54, 1.807) is 0 Å². The van der Waals surface area contributed by atoms with Gasteiger partial charge in [-0.1, -0.05) is 57.7 Å². The van der Waals surface area contributed by atoms with Crippen molar-refractivity contribution < 1.29 is 4.79 Å². The lowest BCUT2D eigenvalue weighted by Gasteiger charge is -2.00. The molecule has 0 aromatic carbocycles. The van der Waals surface area contributed by atoms with Crippen molar-refractivity contribution in [3.05, 3.63) is 0 Å². The van der Waals surface area contributed by atoms with Crippen LogP contribution in [0.4, 0.5) is 0 Å². The molecule has 0 heterocycles. The molecule has 0 radical (unpaired) electrons. The van der Waals surface area contributed by atoms with Gasteiger partial charge in [-0.05, 0) is 12.8 Å². The van der Waals surface area contributed by atoms with Gasteiger partial charge < -0.3 is 0 Å². The fourth-order valence-corrected chi connectivity index (χ4v) is 2.17. The maximum atomic E-state index is 11.3. The summed E-state index contributed by atoms with van der Waals surface area (Å²) in [5, 5.41) is 0.398. The summed E-state index contributed by atoms with van der Waals surface area (Å²) in [4.78, 5) is 11.3. The summed E-state index contributed by atoms with van der Waals surface area (Å²) in [7, 11) is 0. The first-order valence-corrected chi connectivity index (χ1v) is 6.95. The Morgan fingerprint density at radius 3 is 2.21 bits per heavy atom. The molecule has 0 fully saturated rings. The molecule has 0 bridgehead atoms. The average Bonchev–Trinajstić information content (AvgIpc) is 2.18. The Morgan fingerprint density at radius 2 is 1.57 bits per heavy atom. The molecule has 0 aliphatic heterocycles. The zero-order chi connectivity index (χ0) is 10.6. The van der Waals surface area contributed by atoms with Crippen LogP contribution in [0, 0.1) is 0 Å². The maximum Gasteiger partial charge on any atom is 0.188 e. The zero-order valence-electron chi connectivity index (χ0n) is 9.68. The second-order valence-electron chi connectivity index (χ2n) is 3.74. The second-order valence-corrected chi connectivity index (χ2v) is 4.89. The minimum Gasteiger partial charge on any atom is -0.287 e. The van der Waals surface area contributed by atoms with Crippen molar-refractivity contribution in [2.45, 2.75) is 65.2 Å². The Kier molecular flexibility index (Phi) is 11.1. The predicted octanol–water partition coefficient (Wildman–Crippen LogP) is 4.41. The highest BCUT2D eigenvalue weighted by atomic mass is 32.2. The standard InChI is InChI=1S/C12H24OS/c1-3-5-7-9-11-14-12(13)10-8-6-4-2/h3-11H2,1-2H3. The van der Waals surface area contributed by atoms with Crippen LogP contribution in [0.2, 0.25) is 0 Å². The van der Waals surface area contributed by atoms with E-state index in [2.05, 4.69) is 13.8 Å². The van der Waals surface area contributed by atoms with E-state index in [0.29, 0.717) is 5.12 Å². The lowest BCUT2D eigenvalue weighted by atomic mass is 10.2. The highest BCUT2D eigenvalue weighted by Gasteiger charge is 2.01. The number of rotatable bonds is 9. The number of carbonyl (C=O) groups excluding carboxylic acids is 1. The SMILES string of the molecule is CCCCCCSC(=O)CCCCC. The monoisotopic (exact) mass is 216 g/mol. The van der Waals surface area contributed by atoms with Gasteiger partial charge in [-0.25, -0.2) is 0 Å². The smallest absolute Gasteiger partial charge is 0.188 e. The van der Waals surface area contributed by atoms with Gasteiger partial charge in [0, 0.05) is 12.2 Å². The van der Waals surface area contributed by atoms with Crippen molar-refractivity contribution in [2.75, 3.05) is 5.75 Å². The quantitative estimate of drug-likeness (QED) is 0.531. The van der Waals surface area contributed by atoms with E-state index in [0.717, 1.165) is 18.6 Å². The summed E-state index contributed by atoms with van der Waals surface area (Å²) in [6.07, 6.45) is 9.34. The van der Waals surface area contributed by atoms with Gasteiger partial charge in [0.05, 0.1) is 0 Å². The van der Waals surface area contributed by atoms with Crippen LogP contribution in [0.1, 0.15) is 65.2 Å². The molecule has 2 heteroatoms. The maximum absolute atomic E-state index is 11.3. The largest absolute Gasteiger partial charge is 0.287 e. The molecule has 0 amide bonds. The molecule has 0 aromatic heterocycles. The Hall–Kier alpha value is 0.0200. The number of hydrogen-bond donors (Lipinski definition) is 0. The molecule has 0 aliphatic carbocycles. The molecular formula is C12H24OS. The molecule has 0 rings (SSSR count). The number of carbonyl (C=O) groups is 1. The second kappa shape index (κ2) is 11.1. The summed E-state index contributed by atoms with van der Waals surface area (Å²) in [5.41, 5.74) is 0. The van der Waals surface area contributed by atoms with Gasteiger partial charge >= 0.3 is 0 Å². The molecule has 0 aromatic rings. The van der Waals surface area contributed by atoms with Crippen LogP contribution in [0.25, 0.3) is 0 Å². The van der Waals surface area contributed by atoms with Crippen LogP contribution in [0.15, 0.2) is 0 Å². The van der Waals surface area contributed by atoms with E-state index in [9.17, 15) is 4.79 Å². The third-order valence-corrected chi connectivity index (χ3v) is 3.26. The number of thioether (sulfide) groups is 1. The van der Waals surface area contributed by atoms with Crippen LogP contribution < -0.4 is 0 Å². The lowest BCUT2D eigenvalue weighted by Crippen LogP contribution is -1.93. The molecule has 0 saturated carbocycles. The van der Waals surface area contributed by atoms with Crippen molar-refractivity contribution in [3.8, 4) is 0 Å². The summed E-state index contributed by atoms with van der Waals surface area (Å²) in [6.45, 7) is 4.38. The molecule has 14 heavy (non-hydrogen) atoms. The van der Waals surface area contributed by atoms with Gasteiger partial charge in [0.15, 0.2) is 5.12 Å². The molecule has 0 atom stereocenters. The Morgan fingerprint density at radius 1 is 0.929 bits per heavy atom. The molecule has 0 spiro atoms. The van der Waals surface area contributed by atoms with Crippen LogP contribution in [-0.4, -0.2) is 10.9 Å². The topological polar surface area (TPSA) is 17.1 Å². The molecular weight excluding hydrogens is 192 g/mol. The van der Waals surface area contributed by atoms with E-state index < -0.39 is 0 Å². The van der Waals surface area contributed by atoms with Crippen molar-refractivity contribution in [1.82, 2.24) is 0 Å². The van der Waals surface area contributed by atoms with Gasteiger partial charge in [0.2, 0.25) is 0 Å². The summed E-state index contributed by atoms with van der Waals surface area (Å²) >= 11 is 1.54. The number of unbranched alkanes of at least 4 members (excludes halogenated alkanes) is 5. The van der Waals surface area contributed by atoms with E-state index in [1.807, 2.05) is 0 Å². The fourth-order valence-electron chi connectivity index (χ4n) is 1.31. The van der Waals surface area contributed by atoms with E-state index >= 15 is 0 Å².